The molecule has 0 saturated carbocycles. The number of aromatic nitrogens is 2. The molecule has 1 aromatic heterocycles. The van der Waals surface area contributed by atoms with E-state index in [1.807, 2.05) is 18.2 Å². The summed E-state index contributed by atoms with van der Waals surface area (Å²) >= 11 is 0. The van der Waals surface area contributed by atoms with E-state index in [1.165, 1.54) is 17.7 Å². The summed E-state index contributed by atoms with van der Waals surface area (Å²) in [6.07, 6.45) is 1.76. The fourth-order valence-electron chi connectivity index (χ4n) is 2.43. The molecular weight excluding hydrogens is 331 g/mol. The van der Waals surface area contributed by atoms with E-state index >= 15 is 0 Å². The Morgan fingerprint density at radius 3 is 2.38 bits per heavy atom. The van der Waals surface area contributed by atoms with E-state index in [1.54, 1.807) is 24.3 Å². The van der Waals surface area contributed by atoms with Crippen LogP contribution < -0.4 is 10.6 Å². The van der Waals surface area contributed by atoms with Crippen LogP contribution in [0.25, 0.3) is 0 Å². The zero-order valence-electron chi connectivity index (χ0n) is 14.2. The highest BCUT2D eigenvalue weighted by Gasteiger charge is 2.07. The van der Waals surface area contributed by atoms with Gasteiger partial charge in [0.25, 0.3) is 5.91 Å². The Morgan fingerprint density at radius 2 is 1.69 bits per heavy atom. The van der Waals surface area contributed by atoms with Crippen LogP contribution in [0, 0.1) is 5.82 Å². The molecule has 1 heterocycles. The lowest BCUT2D eigenvalue weighted by molar-refractivity contribution is 0.0947. The van der Waals surface area contributed by atoms with Crippen LogP contribution in [-0.2, 0) is 6.42 Å². The van der Waals surface area contributed by atoms with Gasteiger partial charge >= 0.3 is 0 Å². The number of nitrogens with one attached hydrogen (secondary N) is 2. The molecule has 5 nitrogen and oxygen atoms in total. The van der Waals surface area contributed by atoms with Crippen LogP contribution in [0.4, 0.5) is 15.9 Å². The average Bonchev–Trinajstić information content (AvgIpc) is 2.68. The molecule has 6 heteroatoms. The van der Waals surface area contributed by atoms with Crippen LogP contribution in [0.15, 0.2) is 66.7 Å². The van der Waals surface area contributed by atoms with Gasteiger partial charge in [0.15, 0.2) is 11.5 Å². The summed E-state index contributed by atoms with van der Waals surface area (Å²) < 4.78 is 12.9. The van der Waals surface area contributed by atoms with Gasteiger partial charge in [0, 0.05) is 12.2 Å². The van der Waals surface area contributed by atoms with Crippen molar-refractivity contribution in [3.8, 4) is 0 Å². The van der Waals surface area contributed by atoms with Gasteiger partial charge in [-0.15, -0.1) is 10.2 Å². The Hall–Kier alpha value is -3.28. The lowest BCUT2D eigenvalue weighted by Crippen LogP contribution is -2.26. The first-order chi connectivity index (χ1) is 12.7. The van der Waals surface area contributed by atoms with Gasteiger partial charge < -0.3 is 10.6 Å². The van der Waals surface area contributed by atoms with Gasteiger partial charge in [-0.05, 0) is 54.8 Å². The molecule has 26 heavy (non-hydrogen) atoms. The molecule has 0 aliphatic rings. The van der Waals surface area contributed by atoms with Crippen molar-refractivity contribution in [3.05, 3.63) is 83.8 Å². The quantitative estimate of drug-likeness (QED) is 0.637. The summed E-state index contributed by atoms with van der Waals surface area (Å²) in [5.74, 6) is -0.0722. The molecule has 0 saturated heterocycles. The SMILES string of the molecule is O=C(NCCCc1ccccc1)c1ccc(Nc2ccc(F)cc2)nn1. The van der Waals surface area contributed by atoms with Gasteiger partial charge in [-0.2, -0.15) is 0 Å². The number of anilines is 2. The summed E-state index contributed by atoms with van der Waals surface area (Å²) in [5, 5.41) is 13.7. The Bertz CT molecular complexity index is 836. The standard InChI is InChI=1S/C20H19FN4O/c21-16-8-10-17(11-9-16)23-19-13-12-18(24-25-19)20(26)22-14-4-7-15-5-2-1-3-6-15/h1-3,5-6,8-13H,4,7,14H2,(H,22,26)(H,23,25). The van der Waals surface area contributed by atoms with Gasteiger partial charge in [-0.1, -0.05) is 30.3 Å². The van der Waals surface area contributed by atoms with Crippen molar-refractivity contribution in [1.29, 1.82) is 0 Å². The monoisotopic (exact) mass is 350 g/mol. The highest BCUT2D eigenvalue weighted by atomic mass is 19.1. The minimum absolute atomic E-state index is 0.251. The van der Waals surface area contributed by atoms with Gasteiger partial charge in [0.1, 0.15) is 5.82 Å². The van der Waals surface area contributed by atoms with E-state index in [9.17, 15) is 9.18 Å². The highest BCUT2D eigenvalue weighted by Crippen LogP contribution is 2.14. The average molecular weight is 350 g/mol. The Morgan fingerprint density at radius 1 is 0.923 bits per heavy atom. The fourth-order valence-corrected chi connectivity index (χ4v) is 2.43. The number of hydrogen-bond acceptors (Lipinski definition) is 4. The van der Waals surface area contributed by atoms with Crippen molar-refractivity contribution in [1.82, 2.24) is 15.5 Å². The summed E-state index contributed by atoms with van der Waals surface area (Å²) in [6, 6.07) is 19.3. The molecule has 1 amide bonds. The van der Waals surface area contributed by atoms with Crippen molar-refractivity contribution >= 4 is 17.4 Å². The zero-order chi connectivity index (χ0) is 18.2. The molecule has 132 valence electrons. The molecule has 0 unspecified atom stereocenters. The smallest absolute Gasteiger partial charge is 0.271 e. The number of aryl methyl sites for hydroxylation is 1. The highest BCUT2D eigenvalue weighted by molar-refractivity contribution is 5.92. The number of amides is 1. The number of hydrogen-bond donors (Lipinski definition) is 2. The van der Waals surface area contributed by atoms with Crippen LogP contribution in [0.1, 0.15) is 22.5 Å². The Labute approximate surface area is 151 Å². The maximum absolute atomic E-state index is 12.9. The molecule has 2 N–H and O–H groups in total. The van der Waals surface area contributed by atoms with E-state index in [2.05, 4.69) is 33.0 Å². The topological polar surface area (TPSA) is 66.9 Å². The number of benzene rings is 2. The van der Waals surface area contributed by atoms with Crippen molar-refractivity contribution in [2.75, 3.05) is 11.9 Å². The lowest BCUT2D eigenvalue weighted by atomic mass is 10.1. The molecule has 0 aliphatic heterocycles. The predicted molar refractivity (Wildman–Crippen MR) is 98.8 cm³/mol. The third-order valence-electron chi connectivity index (χ3n) is 3.78. The van der Waals surface area contributed by atoms with Crippen molar-refractivity contribution in [3.63, 3.8) is 0 Å². The lowest BCUT2D eigenvalue weighted by Gasteiger charge is -2.07. The van der Waals surface area contributed by atoms with E-state index in [0.717, 1.165) is 12.8 Å². The van der Waals surface area contributed by atoms with Gasteiger partial charge in [-0.3, -0.25) is 4.79 Å². The molecule has 0 spiro atoms. The maximum atomic E-state index is 12.9. The third kappa shape index (κ3) is 5.11. The molecule has 3 aromatic rings. The van der Waals surface area contributed by atoms with E-state index < -0.39 is 0 Å². The second kappa shape index (κ2) is 8.71. The molecule has 0 aliphatic carbocycles. The Balaban J connectivity index is 1.46. The summed E-state index contributed by atoms with van der Waals surface area (Å²) in [5.41, 5.74) is 2.20. The maximum Gasteiger partial charge on any atom is 0.271 e. The Kier molecular flexibility index (Phi) is 5.88. The minimum atomic E-state index is -0.305. The molecule has 2 aromatic carbocycles. The van der Waals surface area contributed by atoms with Crippen LogP contribution in [0.2, 0.25) is 0 Å². The molecule has 0 fully saturated rings. The van der Waals surface area contributed by atoms with Crippen LogP contribution in [0.5, 0.6) is 0 Å². The van der Waals surface area contributed by atoms with Crippen LogP contribution in [0.3, 0.4) is 0 Å². The summed E-state index contributed by atoms with van der Waals surface area (Å²) in [7, 11) is 0. The number of carbonyl (C=O) groups is 1. The first kappa shape index (κ1) is 17.5. The second-order valence-corrected chi connectivity index (χ2v) is 5.78. The van der Waals surface area contributed by atoms with E-state index in [0.29, 0.717) is 18.1 Å². The molecular formula is C20H19FN4O. The molecule has 3 rings (SSSR count). The first-order valence-corrected chi connectivity index (χ1v) is 8.39. The molecule has 0 radical (unpaired) electrons. The predicted octanol–water partition coefficient (Wildman–Crippen LogP) is 3.72. The van der Waals surface area contributed by atoms with Gasteiger partial charge in [0.05, 0.1) is 0 Å². The second-order valence-electron chi connectivity index (χ2n) is 5.78. The summed E-state index contributed by atoms with van der Waals surface area (Å²) in [4.78, 5) is 12.1. The number of nitrogens with zero attached hydrogens (tertiary/aromatic N) is 2. The van der Waals surface area contributed by atoms with E-state index in [-0.39, 0.29) is 17.4 Å². The van der Waals surface area contributed by atoms with Crippen LogP contribution in [-0.4, -0.2) is 22.6 Å². The van der Waals surface area contributed by atoms with Crippen molar-refractivity contribution in [2.45, 2.75) is 12.8 Å². The number of rotatable bonds is 7. The normalized spacial score (nSPS) is 10.3. The number of carbonyl (C=O) groups excluding carboxylic acids is 1. The summed E-state index contributed by atoms with van der Waals surface area (Å²) in [6.45, 7) is 0.574. The zero-order valence-corrected chi connectivity index (χ0v) is 14.2. The van der Waals surface area contributed by atoms with Gasteiger partial charge in [0.2, 0.25) is 0 Å². The van der Waals surface area contributed by atoms with E-state index in [4.69, 9.17) is 0 Å². The van der Waals surface area contributed by atoms with Gasteiger partial charge in [-0.25, -0.2) is 4.39 Å². The third-order valence-corrected chi connectivity index (χ3v) is 3.78. The largest absolute Gasteiger partial charge is 0.351 e. The van der Waals surface area contributed by atoms with Crippen LogP contribution >= 0.6 is 0 Å². The molecule has 0 bridgehead atoms. The molecule has 0 atom stereocenters. The fraction of sp³-hybridized carbons (Fsp3) is 0.150. The van der Waals surface area contributed by atoms with Crippen molar-refractivity contribution < 1.29 is 9.18 Å². The van der Waals surface area contributed by atoms with Crippen molar-refractivity contribution in [2.24, 2.45) is 0 Å². The minimum Gasteiger partial charge on any atom is -0.351 e. The number of halogens is 1. The first-order valence-electron chi connectivity index (χ1n) is 8.39.